The number of benzene rings is 1. The van der Waals surface area contributed by atoms with E-state index in [9.17, 15) is 9.90 Å². The van der Waals surface area contributed by atoms with Crippen molar-refractivity contribution in [1.29, 1.82) is 0 Å². The maximum absolute atomic E-state index is 11.5. The zero-order valence-corrected chi connectivity index (χ0v) is 15.3. The molecule has 1 aromatic rings. The fourth-order valence-electron chi connectivity index (χ4n) is 3.36. The molecule has 25 heavy (non-hydrogen) atoms. The molecule has 0 saturated heterocycles. The molecule has 2 unspecified atom stereocenters. The largest absolute Gasteiger partial charge is 0.481 e. The Morgan fingerprint density at radius 2 is 2.04 bits per heavy atom. The summed E-state index contributed by atoms with van der Waals surface area (Å²) in [6.45, 7) is 6.37. The topological polar surface area (TPSA) is 55.8 Å². The molecule has 1 N–H and O–H groups in total. The average Bonchev–Trinajstić information content (AvgIpc) is 2.60. The molecule has 2 rings (SSSR count). The maximum Gasteiger partial charge on any atom is 0.330 e. The van der Waals surface area contributed by atoms with Gasteiger partial charge in [-0.15, -0.1) is 0 Å². The van der Waals surface area contributed by atoms with E-state index in [0.29, 0.717) is 13.0 Å². The van der Waals surface area contributed by atoms with E-state index in [2.05, 4.69) is 13.8 Å². The second-order valence-electron chi connectivity index (χ2n) is 6.38. The van der Waals surface area contributed by atoms with Gasteiger partial charge in [0.2, 0.25) is 0 Å². The van der Waals surface area contributed by atoms with Crippen LogP contribution in [0.25, 0.3) is 0 Å². The van der Waals surface area contributed by atoms with Crippen LogP contribution in [0, 0.1) is 5.92 Å². The van der Waals surface area contributed by atoms with Gasteiger partial charge in [-0.2, -0.15) is 0 Å². The molecular weight excluding hydrogens is 316 g/mol. The summed E-state index contributed by atoms with van der Waals surface area (Å²) in [6.07, 6.45) is 6.80. The van der Waals surface area contributed by atoms with Gasteiger partial charge in [0.05, 0.1) is 12.2 Å². The van der Waals surface area contributed by atoms with E-state index in [4.69, 9.17) is 9.47 Å². The molecule has 2 atom stereocenters. The van der Waals surface area contributed by atoms with Gasteiger partial charge in [-0.3, -0.25) is 0 Å². The highest BCUT2D eigenvalue weighted by Crippen LogP contribution is 2.52. The molecule has 1 heterocycles. The molecule has 0 aromatic heterocycles. The Labute approximate surface area is 150 Å². The van der Waals surface area contributed by atoms with E-state index in [0.717, 1.165) is 30.4 Å². The van der Waals surface area contributed by atoms with E-state index >= 15 is 0 Å². The van der Waals surface area contributed by atoms with Gasteiger partial charge in [-0.05, 0) is 26.2 Å². The number of hydrogen-bond acceptors (Lipinski definition) is 4. The van der Waals surface area contributed by atoms with Gasteiger partial charge >= 0.3 is 5.97 Å². The van der Waals surface area contributed by atoms with Gasteiger partial charge in [0, 0.05) is 17.6 Å². The lowest BCUT2D eigenvalue weighted by atomic mass is 9.71. The van der Waals surface area contributed by atoms with Gasteiger partial charge in [0.1, 0.15) is 0 Å². The number of carbonyl (C=O) groups is 1. The summed E-state index contributed by atoms with van der Waals surface area (Å²) in [4.78, 5) is 11.5. The molecule has 1 aliphatic rings. The van der Waals surface area contributed by atoms with Gasteiger partial charge < -0.3 is 14.6 Å². The van der Waals surface area contributed by atoms with Crippen LogP contribution in [0.5, 0.6) is 0 Å². The Hall–Kier alpha value is -2.23. The maximum atomic E-state index is 11.5. The van der Waals surface area contributed by atoms with E-state index < -0.39 is 5.60 Å². The Morgan fingerprint density at radius 3 is 2.64 bits per heavy atom. The average molecular weight is 344 g/mol. The highest BCUT2D eigenvalue weighted by molar-refractivity contribution is 5.81. The van der Waals surface area contributed by atoms with Crippen molar-refractivity contribution in [3.63, 3.8) is 0 Å². The third kappa shape index (κ3) is 4.06. The standard InChI is InChI=1S/C21H28O4/c1-4-6-14-18-20(23)25-21(18,17-12-8-7-9-13-17)16(3)11-10-15-19(22)24-5-2/h7-10,12-13,15-16,23H,4-6,11,14H2,1-3H3/b15-10+. The number of aliphatic hydroxyl groups is 1. The first-order chi connectivity index (χ1) is 12.1. The second kappa shape index (κ2) is 8.75. The minimum absolute atomic E-state index is 0.0542. The third-order valence-corrected chi connectivity index (χ3v) is 4.67. The molecule has 0 bridgehead atoms. The summed E-state index contributed by atoms with van der Waals surface area (Å²) in [6, 6.07) is 9.99. The van der Waals surface area contributed by atoms with Crippen LogP contribution in [0.4, 0.5) is 0 Å². The Balaban J connectivity index is 2.23. The Morgan fingerprint density at radius 1 is 1.32 bits per heavy atom. The SMILES string of the molecule is CCCCC1=C(O)OC1(c1ccccc1)C(C)C/C=C/C(=O)OCC. The fraction of sp³-hybridized carbons (Fsp3) is 0.476. The second-order valence-corrected chi connectivity index (χ2v) is 6.38. The molecule has 0 spiro atoms. The summed E-state index contributed by atoms with van der Waals surface area (Å²) in [7, 11) is 0. The number of ether oxygens (including phenoxy) is 2. The summed E-state index contributed by atoms with van der Waals surface area (Å²) in [5.41, 5.74) is 1.37. The Bertz CT molecular complexity index is 633. The lowest BCUT2D eigenvalue weighted by molar-refractivity contribution is -0.137. The van der Waals surface area contributed by atoms with Crippen LogP contribution in [0.3, 0.4) is 0 Å². The van der Waals surface area contributed by atoms with Gasteiger partial charge in [0.25, 0.3) is 5.95 Å². The molecule has 1 aliphatic heterocycles. The fourth-order valence-corrected chi connectivity index (χ4v) is 3.36. The highest BCUT2D eigenvalue weighted by atomic mass is 16.6. The van der Waals surface area contributed by atoms with Gasteiger partial charge in [-0.1, -0.05) is 56.7 Å². The monoisotopic (exact) mass is 344 g/mol. The molecular formula is C21H28O4. The van der Waals surface area contributed by atoms with Crippen LogP contribution >= 0.6 is 0 Å². The lowest BCUT2D eigenvalue weighted by Crippen LogP contribution is -2.46. The van der Waals surface area contributed by atoms with Crippen molar-refractivity contribution in [2.45, 2.75) is 52.1 Å². The van der Waals surface area contributed by atoms with Crippen molar-refractivity contribution in [3.8, 4) is 0 Å². The molecule has 136 valence electrons. The van der Waals surface area contributed by atoms with Crippen LogP contribution in [0.1, 0.15) is 52.0 Å². The van der Waals surface area contributed by atoms with Crippen LogP contribution in [0.2, 0.25) is 0 Å². The van der Waals surface area contributed by atoms with Crippen LogP contribution in [-0.2, 0) is 19.9 Å². The van der Waals surface area contributed by atoms with E-state index in [1.165, 1.54) is 6.08 Å². The van der Waals surface area contributed by atoms with Crippen molar-refractivity contribution in [2.75, 3.05) is 6.61 Å². The molecule has 0 amide bonds. The van der Waals surface area contributed by atoms with Crippen molar-refractivity contribution < 1.29 is 19.4 Å². The smallest absolute Gasteiger partial charge is 0.330 e. The molecule has 0 radical (unpaired) electrons. The van der Waals surface area contributed by atoms with E-state index in [-0.39, 0.29) is 17.8 Å². The number of carbonyl (C=O) groups excluding carboxylic acids is 1. The number of aliphatic hydroxyl groups excluding tert-OH is 1. The molecule has 4 heteroatoms. The predicted octanol–water partition coefficient (Wildman–Crippen LogP) is 5.02. The van der Waals surface area contributed by atoms with Crippen LogP contribution in [-0.4, -0.2) is 17.7 Å². The number of unbranched alkanes of at least 4 members (excludes halogenated alkanes) is 1. The van der Waals surface area contributed by atoms with Crippen molar-refractivity contribution in [1.82, 2.24) is 0 Å². The van der Waals surface area contributed by atoms with Crippen LogP contribution < -0.4 is 0 Å². The molecule has 4 nitrogen and oxygen atoms in total. The highest BCUT2D eigenvalue weighted by Gasteiger charge is 2.52. The number of allylic oxidation sites excluding steroid dienone is 1. The van der Waals surface area contributed by atoms with Crippen molar-refractivity contribution in [3.05, 3.63) is 59.6 Å². The number of hydrogen-bond donors (Lipinski definition) is 1. The van der Waals surface area contributed by atoms with Gasteiger partial charge in [-0.25, -0.2) is 4.79 Å². The Kier molecular flexibility index (Phi) is 6.68. The molecule has 0 aliphatic carbocycles. The normalized spacial score (nSPS) is 20.9. The quantitative estimate of drug-likeness (QED) is 0.505. The van der Waals surface area contributed by atoms with E-state index in [1.807, 2.05) is 36.4 Å². The number of esters is 1. The van der Waals surface area contributed by atoms with Crippen molar-refractivity contribution in [2.24, 2.45) is 5.92 Å². The summed E-state index contributed by atoms with van der Waals surface area (Å²) in [5, 5.41) is 10.1. The summed E-state index contributed by atoms with van der Waals surface area (Å²) >= 11 is 0. The third-order valence-electron chi connectivity index (χ3n) is 4.67. The lowest BCUT2D eigenvalue weighted by Gasteiger charge is -2.47. The molecule has 0 fully saturated rings. The van der Waals surface area contributed by atoms with Crippen LogP contribution in [0.15, 0.2) is 54.0 Å². The first kappa shape index (κ1) is 19.1. The van der Waals surface area contributed by atoms with E-state index in [1.54, 1.807) is 6.92 Å². The zero-order chi connectivity index (χ0) is 18.3. The minimum atomic E-state index is -0.625. The predicted molar refractivity (Wildman–Crippen MR) is 97.9 cm³/mol. The first-order valence-electron chi connectivity index (χ1n) is 9.06. The minimum Gasteiger partial charge on any atom is -0.481 e. The summed E-state index contributed by atoms with van der Waals surface area (Å²) < 4.78 is 10.8. The van der Waals surface area contributed by atoms with Gasteiger partial charge in [0.15, 0.2) is 5.60 Å². The van der Waals surface area contributed by atoms with Crippen molar-refractivity contribution >= 4 is 5.97 Å². The first-order valence-corrected chi connectivity index (χ1v) is 9.06. The number of rotatable bonds is 9. The summed E-state index contributed by atoms with van der Waals surface area (Å²) in [5.74, 6) is -0.204. The molecule has 0 saturated carbocycles. The molecule has 1 aromatic carbocycles. The zero-order valence-electron chi connectivity index (χ0n) is 15.3.